The number of ether oxygens (including phenoxy) is 2. The second-order valence-corrected chi connectivity index (χ2v) is 11.2. The average Bonchev–Trinajstić information content (AvgIpc) is 3.29. The third-order valence-corrected chi connectivity index (χ3v) is 8.78. The molecule has 4 heterocycles. The number of hydrogen-bond donors (Lipinski definition) is 1. The number of nitrogens with zero attached hydrogens (tertiary/aromatic N) is 2. The minimum atomic E-state index is -0.609. The second-order valence-electron chi connectivity index (χ2n) is 11.2. The maximum Gasteiger partial charge on any atom is 0.255 e. The monoisotopic (exact) mass is 531 g/mol. The Labute approximate surface area is 229 Å². The van der Waals surface area contributed by atoms with Gasteiger partial charge in [-0.3, -0.25) is 19.7 Å². The molecule has 4 aliphatic heterocycles. The first-order valence-electron chi connectivity index (χ1n) is 14.4. The quantitative estimate of drug-likeness (QED) is 0.390. The molecule has 2 saturated heterocycles. The first kappa shape index (κ1) is 25.9. The first-order chi connectivity index (χ1) is 19.1. The fourth-order valence-electron chi connectivity index (χ4n) is 6.60. The van der Waals surface area contributed by atoms with Crippen molar-refractivity contribution in [1.82, 2.24) is 15.1 Å². The number of hydrogen-bond acceptors (Lipinski definition) is 6. The predicted octanol–water partition coefficient (Wildman–Crippen LogP) is 3.88. The highest BCUT2D eigenvalue weighted by Crippen LogP contribution is 2.41. The van der Waals surface area contributed by atoms with Crippen LogP contribution in [0.5, 0.6) is 11.5 Å². The first-order valence-corrected chi connectivity index (χ1v) is 14.4. The van der Waals surface area contributed by atoms with Gasteiger partial charge in [0.1, 0.15) is 17.5 Å². The zero-order valence-electron chi connectivity index (χ0n) is 22.4. The van der Waals surface area contributed by atoms with Crippen LogP contribution in [0.1, 0.15) is 72.3 Å². The molecule has 3 atom stereocenters. The molecule has 0 radical (unpaired) electrons. The fourth-order valence-corrected chi connectivity index (χ4v) is 6.60. The van der Waals surface area contributed by atoms with Crippen LogP contribution in [-0.4, -0.2) is 66.4 Å². The van der Waals surface area contributed by atoms with E-state index in [1.807, 2.05) is 12.1 Å². The van der Waals surface area contributed by atoms with Crippen LogP contribution in [0.2, 0.25) is 0 Å². The molecule has 3 unspecified atom stereocenters. The number of rotatable bonds is 9. The molecule has 2 fully saturated rings. The van der Waals surface area contributed by atoms with Crippen molar-refractivity contribution in [3.8, 4) is 11.5 Å². The number of carbonyl (C=O) groups excluding carboxylic acids is 3. The lowest BCUT2D eigenvalue weighted by molar-refractivity contribution is -0.136. The van der Waals surface area contributed by atoms with Crippen LogP contribution >= 0.6 is 0 Å². The summed E-state index contributed by atoms with van der Waals surface area (Å²) in [5.41, 5.74) is 2.81. The Morgan fingerprint density at radius 2 is 1.85 bits per heavy atom. The molecule has 2 aromatic carbocycles. The summed E-state index contributed by atoms with van der Waals surface area (Å²) in [5, 5.41) is 2.35. The summed E-state index contributed by atoms with van der Waals surface area (Å²) >= 11 is 0. The Morgan fingerprint density at radius 1 is 0.974 bits per heavy atom. The van der Waals surface area contributed by atoms with Crippen molar-refractivity contribution >= 4 is 17.7 Å². The van der Waals surface area contributed by atoms with E-state index in [1.54, 1.807) is 11.0 Å². The SMILES string of the molecule is O=C1CCC(N2Cc3c(OCCCCCCN4CCC5COc6ccccc6C5C4)cccc3C2=O)C(=O)N1. The van der Waals surface area contributed by atoms with Gasteiger partial charge >= 0.3 is 0 Å². The molecule has 0 aromatic heterocycles. The smallest absolute Gasteiger partial charge is 0.255 e. The van der Waals surface area contributed by atoms with Gasteiger partial charge in [-0.05, 0) is 62.5 Å². The van der Waals surface area contributed by atoms with Gasteiger partial charge in [-0.25, -0.2) is 0 Å². The van der Waals surface area contributed by atoms with E-state index < -0.39 is 11.9 Å². The predicted molar refractivity (Wildman–Crippen MR) is 146 cm³/mol. The lowest BCUT2D eigenvalue weighted by Crippen LogP contribution is -2.52. The summed E-state index contributed by atoms with van der Waals surface area (Å²) in [6, 6.07) is 13.4. The molecule has 4 aliphatic rings. The third-order valence-electron chi connectivity index (χ3n) is 8.78. The maximum absolute atomic E-state index is 13.0. The van der Waals surface area contributed by atoms with E-state index in [0.29, 0.717) is 37.0 Å². The molecule has 1 N–H and O–H groups in total. The number of imide groups is 1. The lowest BCUT2D eigenvalue weighted by atomic mass is 9.79. The molecule has 0 saturated carbocycles. The molecule has 206 valence electrons. The second kappa shape index (κ2) is 11.4. The van der Waals surface area contributed by atoms with Crippen molar-refractivity contribution in [2.24, 2.45) is 5.92 Å². The number of para-hydroxylation sites is 1. The number of nitrogens with one attached hydrogen (secondary N) is 1. The van der Waals surface area contributed by atoms with Gasteiger partial charge in [-0.1, -0.05) is 37.1 Å². The highest BCUT2D eigenvalue weighted by atomic mass is 16.5. The Bertz CT molecular complexity index is 1250. The summed E-state index contributed by atoms with van der Waals surface area (Å²) in [6.07, 6.45) is 6.24. The van der Waals surface area contributed by atoms with E-state index in [1.165, 1.54) is 24.8 Å². The number of piperidine rings is 2. The third kappa shape index (κ3) is 5.39. The van der Waals surface area contributed by atoms with Crippen molar-refractivity contribution in [3.63, 3.8) is 0 Å². The zero-order chi connectivity index (χ0) is 26.8. The number of fused-ring (bicyclic) bond motifs is 4. The molecule has 3 amide bonds. The van der Waals surface area contributed by atoms with Gasteiger partial charge < -0.3 is 19.3 Å². The summed E-state index contributed by atoms with van der Waals surface area (Å²) in [5.74, 6) is 2.17. The molecule has 2 aromatic rings. The Hall–Kier alpha value is -3.39. The molecule has 8 nitrogen and oxygen atoms in total. The minimum absolute atomic E-state index is 0.168. The van der Waals surface area contributed by atoms with E-state index in [4.69, 9.17) is 9.47 Å². The number of benzene rings is 2. The van der Waals surface area contributed by atoms with Crippen LogP contribution in [0.25, 0.3) is 0 Å². The molecule has 0 bridgehead atoms. The minimum Gasteiger partial charge on any atom is -0.493 e. The molecule has 0 spiro atoms. The summed E-state index contributed by atoms with van der Waals surface area (Å²) in [4.78, 5) is 41.0. The van der Waals surface area contributed by atoms with Crippen molar-refractivity contribution < 1.29 is 23.9 Å². The number of carbonyl (C=O) groups is 3. The average molecular weight is 532 g/mol. The van der Waals surface area contributed by atoms with E-state index in [0.717, 1.165) is 56.1 Å². The lowest BCUT2D eigenvalue weighted by Gasteiger charge is -2.42. The van der Waals surface area contributed by atoms with Gasteiger partial charge in [-0.15, -0.1) is 0 Å². The fraction of sp³-hybridized carbons (Fsp3) is 0.516. The molecular formula is C31H37N3O5. The van der Waals surface area contributed by atoms with Crippen molar-refractivity contribution in [3.05, 3.63) is 59.2 Å². The van der Waals surface area contributed by atoms with E-state index in [9.17, 15) is 14.4 Å². The largest absolute Gasteiger partial charge is 0.493 e. The topological polar surface area (TPSA) is 88.2 Å². The van der Waals surface area contributed by atoms with Crippen LogP contribution in [0.3, 0.4) is 0 Å². The van der Waals surface area contributed by atoms with Crippen molar-refractivity contribution in [2.45, 2.75) is 63.5 Å². The standard InChI is InChI=1S/C31H37N3O5/c35-29-13-12-26(30(36)32-29)34-19-25-23(31(34)37)9-7-11-28(25)38-17-6-2-1-5-15-33-16-14-21-20-39-27-10-4-3-8-22(27)24(21)18-33/h3-4,7-11,21,24,26H,1-2,5-6,12-20H2,(H,32,35,36). The number of amides is 3. The van der Waals surface area contributed by atoms with Gasteiger partial charge in [0.2, 0.25) is 11.8 Å². The van der Waals surface area contributed by atoms with Crippen LogP contribution in [-0.2, 0) is 16.1 Å². The molecule has 6 rings (SSSR count). The summed E-state index contributed by atoms with van der Waals surface area (Å²) in [7, 11) is 0. The van der Waals surface area contributed by atoms with Crippen LogP contribution in [0.4, 0.5) is 0 Å². The molecule has 8 heteroatoms. The van der Waals surface area contributed by atoms with Crippen LogP contribution in [0.15, 0.2) is 42.5 Å². The number of likely N-dealkylation sites (tertiary alicyclic amines) is 1. The Balaban J connectivity index is 0.931. The molecule has 39 heavy (non-hydrogen) atoms. The highest BCUT2D eigenvalue weighted by molar-refractivity contribution is 6.05. The van der Waals surface area contributed by atoms with Gasteiger partial charge in [0, 0.05) is 35.9 Å². The Morgan fingerprint density at radius 3 is 2.74 bits per heavy atom. The van der Waals surface area contributed by atoms with E-state index in [2.05, 4.69) is 34.5 Å². The maximum atomic E-state index is 13.0. The number of unbranched alkanes of at least 4 members (excludes halogenated alkanes) is 3. The van der Waals surface area contributed by atoms with Gasteiger partial charge in [0.25, 0.3) is 5.91 Å². The van der Waals surface area contributed by atoms with Crippen LogP contribution < -0.4 is 14.8 Å². The van der Waals surface area contributed by atoms with E-state index in [-0.39, 0.29) is 18.2 Å². The summed E-state index contributed by atoms with van der Waals surface area (Å²) in [6.45, 7) is 5.21. The van der Waals surface area contributed by atoms with Crippen molar-refractivity contribution in [2.75, 3.05) is 32.8 Å². The Kier molecular flexibility index (Phi) is 7.55. The zero-order valence-corrected chi connectivity index (χ0v) is 22.4. The van der Waals surface area contributed by atoms with Gasteiger partial charge in [-0.2, -0.15) is 0 Å². The highest BCUT2D eigenvalue weighted by Gasteiger charge is 2.40. The molecule has 0 aliphatic carbocycles. The van der Waals surface area contributed by atoms with Gasteiger partial charge in [0.15, 0.2) is 0 Å². The van der Waals surface area contributed by atoms with Gasteiger partial charge in [0.05, 0.1) is 19.8 Å². The van der Waals surface area contributed by atoms with Crippen LogP contribution in [0, 0.1) is 5.92 Å². The van der Waals surface area contributed by atoms with Crippen molar-refractivity contribution in [1.29, 1.82) is 0 Å². The normalized spacial score (nSPS) is 24.5. The van der Waals surface area contributed by atoms with E-state index >= 15 is 0 Å². The molecular weight excluding hydrogens is 494 g/mol. The summed E-state index contributed by atoms with van der Waals surface area (Å²) < 4.78 is 12.1.